The van der Waals surface area contributed by atoms with E-state index in [1.165, 1.54) is 6.07 Å². The van der Waals surface area contributed by atoms with Crippen LogP contribution in [0.25, 0.3) is 6.08 Å². The van der Waals surface area contributed by atoms with Gasteiger partial charge in [-0.15, -0.1) is 0 Å². The Labute approximate surface area is 69.7 Å². The second-order valence-electron chi connectivity index (χ2n) is 2.27. The summed E-state index contributed by atoms with van der Waals surface area (Å²) in [5.41, 5.74) is 0.523. The largest absolute Gasteiger partial charge is 0.367 e. The topological polar surface area (TPSA) is 49.9 Å². The van der Waals surface area contributed by atoms with Crippen LogP contribution >= 0.6 is 0 Å². The highest BCUT2D eigenvalue weighted by atomic mass is 16.1. The van der Waals surface area contributed by atoms with Gasteiger partial charge in [0.05, 0.1) is 0 Å². The Hall–Kier alpha value is -1.64. The van der Waals surface area contributed by atoms with E-state index in [0.717, 1.165) is 6.29 Å². The van der Waals surface area contributed by atoms with Crippen molar-refractivity contribution in [3.63, 3.8) is 0 Å². The van der Waals surface area contributed by atoms with Gasteiger partial charge in [-0.1, -0.05) is 12.2 Å². The fraction of sp³-hybridized carbons (Fsp3) is 0.111. The molecule has 0 radical (unpaired) electrons. The highest BCUT2D eigenvalue weighted by Gasteiger charge is 1.89. The predicted molar refractivity (Wildman–Crippen MR) is 46.8 cm³/mol. The first-order chi connectivity index (χ1) is 5.84. The molecular weight excluding hydrogens is 154 g/mol. The van der Waals surface area contributed by atoms with Gasteiger partial charge in [0.2, 0.25) is 0 Å². The molecule has 0 aliphatic heterocycles. The van der Waals surface area contributed by atoms with Gasteiger partial charge >= 0.3 is 0 Å². The van der Waals surface area contributed by atoms with Crippen LogP contribution in [0.5, 0.6) is 0 Å². The van der Waals surface area contributed by atoms with Crippen LogP contribution in [0.15, 0.2) is 29.3 Å². The van der Waals surface area contributed by atoms with Gasteiger partial charge in [0, 0.05) is 30.4 Å². The predicted octanol–water partition coefficient (Wildman–Crippen LogP) is 0.977. The number of H-pyrrole nitrogens is 1. The molecule has 1 aromatic rings. The fourth-order valence-electron chi connectivity index (χ4n) is 0.810. The van der Waals surface area contributed by atoms with E-state index in [9.17, 15) is 9.59 Å². The third kappa shape index (κ3) is 2.20. The van der Waals surface area contributed by atoms with E-state index in [2.05, 4.69) is 4.98 Å². The monoisotopic (exact) mass is 163 g/mol. The molecule has 0 aliphatic rings. The maximum Gasteiger partial charge on any atom is 0.188 e. The summed E-state index contributed by atoms with van der Waals surface area (Å²) in [7, 11) is 0. The molecule has 0 unspecified atom stereocenters. The molecule has 0 aromatic carbocycles. The lowest BCUT2D eigenvalue weighted by Gasteiger charge is -1.88. The molecule has 0 amide bonds. The average molecular weight is 163 g/mol. The minimum Gasteiger partial charge on any atom is -0.367 e. The van der Waals surface area contributed by atoms with Crippen molar-refractivity contribution in [2.75, 3.05) is 0 Å². The summed E-state index contributed by atoms with van der Waals surface area (Å²) in [6.45, 7) is 0. The first kappa shape index (κ1) is 8.46. The van der Waals surface area contributed by atoms with Crippen LogP contribution in [-0.2, 0) is 4.79 Å². The second kappa shape index (κ2) is 4.28. The summed E-state index contributed by atoms with van der Waals surface area (Å²) in [5, 5.41) is 0. The average Bonchev–Trinajstić information content (AvgIpc) is 2.09. The summed E-state index contributed by atoms with van der Waals surface area (Å²) in [4.78, 5) is 23.8. The van der Waals surface area contributed by atoms with Crippen molar-refractivity contribution in [1.82, 2.24) is 4.98 Å². The van der Waals surface area contributed by atoms with Gasteiger partial charge in [0.15, 0.2) is 5.43 Å². The maximum absolute atomic E-state index is 11.1. The van der Waals surface area contributed by atoms with Crippen LogP contribution < -0.4 is 5.43 Å². The number of nitrogens with one attached hydrogen (secondary N) is 1. The van der Waals surface area contributed by atoms with Crippen molar-refractivity contribution in [1.29, 1.82) is 0 Å². The van der Waals surface area contributed by atoms with Gasteiger partial charge < -0.3 is 9.78 Å². The number of carbonyl (C=O) groups is 1. The van der Waals surface area contributed by atoms with Gasteiger partial charge in [-0.3, -0.25) is 4.79 Å². The van der Waals surface area contributed by atoms with Gasteiger partial charge in [0.1, 0.15) is 6.29 Å². The summed E-state index contributed by atoms with van der Waals surface area (Å²) < 4.78 is 0. The van der Waals surface area contributed by atoms with E-state index in [1.807, 2.05) is 0 Å². The van der Waals surface area contributed by atoms with Crippen LogP contribution in [-0.4, -0.2) is 11.3 Å². The van der Waals surface area contributed by atoms with Crippen molar-refractivity contribution >= 4 is 12.4 Å². The fourth-order valence-corrected chi connectivity index (χ4v) is 0.810. The Kier molecular flexibility index (Phi) is 3.02. The minimum atomic E-state index is -0.0455. The molecule has 1 N–H and O–H groups in total. The van der Waals surface area contributed by atoms with Gasteiger partial charge in [0.25, 0.3) is 0 Å². The number of aromatic amines is 1. The number of aromatic nitrogens is 1. The number of rotatable bonds is 3. The number of allylic oxidation sites excluding steroid dienone is 1. The highest BCUT2D eigenvalue weighted by Crippen LogP contribution is 1.92. The van der Waals surface area contributed by atoms with E-state index < -0.39 is 0 Å². The second-order valence-corrected chi connectivity index (χ2v) is 2.27. The zero-order valence-electron chi connectivity index (χ0n) is 6.49. The third-order valence-corrected chi connectivity index (χ3v) is 1.38. The van der Waals surface area contributed by atoms with Gasteiger partial charge in [-0.2, -0.15) is 0 Å². The molecule has 1 rings (SSSR count). The molecule has 0 fully saturated rings. The molecular formula is C9H9NO2. The summed E-state index contributed by atoms with van der Waals surface area (Å²) >= 11 is 0. The molecule has 3 heteroatoms. The van der Waals surface area contributed by atoms with Crippen molar-refractivity contribution in [2.45, 2.75) is 6.42 Å². The van der Waals surface area contributed by atoms with Crippen molar-refractivity contribution in [3.05, 3.63) is 40.3 Å². The Balaban J connectivity index is 2.82. The van der Waals surface area contributed by atoms with E-state index in [-0.39, 0.29) is 5.43 Å². The molecule has 62 valence electrons. The minimum absolute atomic E-state index is 0.0455. The smallest absolute Gasteiger partial charge is 0.188 e. The molecule has 0 bridgehead atoms. The Bertz CT molecular complexity index is 338. The van der Waals surface area contributed by atoms with E-state index in [4.69, 9.17) is 0 Å². The Morgan fingerprint density at radius 2 is 2.33 bits per heavy atom. The zero-order chi connectivity index (χ0) is 8.81. The SMILES string of the molecule is O=CCC=Cc1c[nH]ccc1=O. The van der Waals surface area contributed by atoms with Crippen LogP contribution in [0.2, 0.25) is 0 Å². The molecule has 3 nitrogen and oxygen atoms in total. The number of aldehydes is 1. The van der Waals surface area contributed by atoms with Crippen molar-refractivity contribution in [3.8, 4) is 0 Å². The first-order valence-electron chi connectivity index (χ1n) is 3.62. The maximum atomic E-state index is 11.1. The molecule has 0 spiro atoms. The normalized spacial score (nSPS) is 10.3. The molecule has 0 saturated heterocycles. The summed E-state index contributed by atoms with van der Waals surface area (Å²) in [6.07, 6.45) is 7.58. The Morgan fingerprint density at radius 1 is 1.50 bits per heavy atom. The standard InChI is InChI=1S/C9H9NO2/c11-6-2-1-3-8-7-10-5-4-9(8)12/h1,3-7H,2H2,(H,10,12). The molecule has 0 aliphatic carbocycles. The van der Waals surface area contributed by atoms with Gasteiger partial charge in [-0.05, 0) is 0 Å². The first-order valence-corrected chi connectivity index (χ1v) is 3.62. The number of hydrogen-bond donors (Lipinski definition) is 1. The Morgan fingerprint density at radius 3 is 3.00 bits per heavy atom. The van der Waals surface area contributed by atoms with Crippen molar-refractivity contribution < 1.29 is 4.79 Å². The van der Waals surface area contributed by atoms with Crippen LogP contribution in [0.4, 0.5) is 0 Å². The van der Waals surface area contributed by atoms with Crippen LogP contribution in [0.3, 0.4) is 0 Å². The molecule has 1 heterocycles. The van der Waals surface area contributed by atoms with Crippen LogP contribution in [0.1, 0.15) is 12.0 Å². The molecule has 0 atom stereocenters. The quantitative estimate of drug-likeness (QED) is 0.675. The van der Waals surface area contributed by atoms with E-state index >= 15 is 0 Å². The van der Waals surface area contributed by atoms with E-state index in [1.54, 1.807) is 24.5 Å². The number of carbonyl (C=O) groups excluding carboxylic acids is 1. The lowest BCUT2D eigenvalue weighted by atomic mass is 10.2. The molecule has 0 saturated carbocycles. The molecule has 1 aromatic heterocycles. The highest BCUT2D eigenvalue weighted by molar-refractivity contribution is 5.57. The van der Waals surface area contributed by atoms with Crippen molar-refractivity contribution in [2.24, 2.45) is 0 Å². The lowest BCUT2D eigenvalue weighted by Crippen LogP contribution is -2.01. The lowest BCUT2D eigenvalue weighted by molar-refractivity contribution is -0.107. The third-order valence-electron chi connectivity index (χ3n) is 1.38. The van der Waals surface area contributed by atoms with E-state index in [0.29, 0.717) is 12.0 Å². The number of pyridine rings is 1. The van der Waals surface area contributed by atoms with Gasteiger partial charge in [-0.25, -0.2) is 0 Å². The van der Waals surface area contributed by atoms with Crippen LogP contribution in [0, 0.1) is 0 Å². The summed E-state index contributed by atoms with van der Waals surface area (Å²) in [5.74, 6) is 0. The number of hydrogen-bond acceptors (Lipinski definition) is 2. The summed E-state index contributed by atoms with van der Waals surface area (Å²) in [6, 6.07) is 1.45. The molecule has 12 heavy (non-hydrogen) atoms. The zero-order valence-corrected chi connectivity index (χ0v) is 6.49.